The van der Waals surface area contributed by atoms with Gasteiger partial charge in [0.15, 0.2) is 5.78 Å². The molecule has 1 aliphatic carbocycles. The zero-order valence-electron chi connectivity index (χ0n) is 11.5. The first kappa shape index (κ1) is 14.4. The number of ketones is 1. The normalized spacial score (nSPS) is 14.1. The molecule has 0 fully saturated rings. The van der Waals surface area contributed by atoms with Crippen molar-refractivity contribution in [2.45, 2.75) is 32.8 Å². The Balaban J connectivity index is 1.77. The Morgan fingerprint density at radius 3 is 2.90 bits per heavy atom. The summed E-state index contributed by atoms with van der Waals surface area (Å²) < 4.78 is 5.96. The number of thiophene rings is 1. The van der Waals surface area contributed by atoms with Crippen molar-refractivity contribution in [3.63, 3.8) is 0 Å². The van der Waals surface area contributed by atoms with E-state index in [-0.39, 0.29) is 12.4 Å². The van der Waals surface area contributed by atoms with Crippen LogP contribution >= 0.6 is 22.9 Å². The van der Waals surface area contributed by atoms with Crippen molar-refractivity contribution in [2.75, 3.05) is 0 Å². The number of hydrogen-bond donors (Lipinski definition) is 1. The average Bonchev–Trinajstić information content (AvgIpc) is 3.01. The van der Waals surface area contributed by atoms with Gasteiger partial charge in [-0.2, -0.15) is 0 Å². The fourth-order valence-electron chi connectivity index (χ4n) is 2.62. The molecule has 0 bridgehead atoms. The Kier molecular flexibility index (Phi) is 3.87. The molecule has 1 aliphatic rings. The average molecular weight is 324 g/mol. The highest BCUT2D eigenvalue weighted by molar-refractivity contribution is 7.16. The van der Waals surface area contributed by atoms with Crippen LogP contribution in [0.25, 0.3) is 0 Å². The van der Waals surface area contributed by atoms with E-state index in [1.807, 2.05) is 6.07 Å². The van der Waals surface area contributed by atoms with Crippen molar-refractivity contribution >= 4 is 34.7 Å². The molecule has 21 heavy (non-hydrogen) atoms. The molecule has 0 spiro atoms. The maximum absolute atomic E-state index is 12.2. The number of aromatic nitrogens is 1. The number of aryl methyl sites for hydroxylation is 1. The second-order valence-electron chi connectivity index (χ2n) is 5.04. The van der Waals surface area contributed by atoms with Gasteiger partial charge in [0.05, 0.1) is 4.34 Å². The molecule has 0 aliphatic heterocycles. The SMILES string of the molecule is Cc1c(C(=O)OCc2ccc(Cl)s2)[nH]c2c1C(=O)CCC2. The number of carbonyl (C=O) groups is 2. The van der Waals surface area contributed by atoms with Gasteiger partial charge in [-0.3, -0.25) is 4.79 Å². The van der Waals surface area contributed by atoms with E-state index in [0.29, 0.717) is 27.6 Å². The summed E-state index contributed by atoms with van der Waals surface area (Å²) in [5.74, 6) is -0.326. The number of halogens is 1. The van der Waals surface area contributed by atoms with Gasteiger partial charge in [0.2, 0.25) is 0 Å². The van der Waals surface area contributed by atoms with Crippen LogP contribution in [-0.4, -0.2) is 16.7 Å². The molecular formula is C15H14ClNO3S. The summed E-state index contributed by atoms with van der Waals surface area (Å²) in [5.41, 5.74) is 2.61. The fraction of sp³-hybridized carbons (Fsp3) is 0.333. The number of rotatable bonds is 3. The number of ether oxygens (including phenoxy) is 1. The molecule has 0 atom stereocenters. The molecule has 2 aromatic rings. The van der Waals surface area contributed by atoms with Crippen molar-refractivity contribution < 1.29 is 14.3 Å². The Hall–Kier alpha value is -1.59. The maximum Gasteiger partial charge on any atom is 0.355 e. The molecule has 0 saturated heterocycles. The van der Waals surface area contributed by atoms with Crippen molar-refractivity contribution in [3.8, 4) is 0 Å². The Morgan fingerprint density at radius 2 is 2.24 bits per heavy atom. The van der Waals surface area contributed by atoms with E-state index in [4.69, 9.17) is 16.3 Å². The van der Waals surface area contributed by atoms with Crippen LogP contribution in [-0.2, 0) is 17.8 Å². The number of hydrogen-bond acceptors (Lipinski definition) is 4. The van der Waals surface area contributed by atoms with E-state index in [9.17, 15) is 9.59 Å². The van der Waals surface area contributed by atoms with Gasteiger partial charge in [-0.05, 0) is 37.5 Å². The van der Waals surface area contributed by atoms with Crippen LogP contribution in [0.5, 0.6) is 0 Å². The van der Waals surface area contributed by atoms with Crippen LogP contribution in [0.1, 0.15) is 49.8 Å². The summed E-state index contributed by atoms with van der Waals surface area (Å²) in [4.78, 5) is 28.1. The summed E-state index contributed by atoms with van der Waals surface area (Å²) in [5, 5.41) is 0. The lowest BCUT2D eigenvalue weighted by molar-refractivity contribution is 0.0469. The van der Waals surface area contributed by atoms with Gasteiger partial charge in [-0.15, -0.1) is 11.3 Å². The van der Waals surface area contributed by atoms with Crippen molar-refractivity contribution in [1.29, 1.82) is 0 Å². The highest BCUT2D eigenvalue weighted by Crippen LogP contribution is 2.27. The molecule has 110 valence electrons. The molecule has 2 aromatic heterocycles. The number of nitrogens with one attached hydrogen (secondary N) is 1. The van der Waals surface area contributed by atoms with Gasteiger partial charge in [0.1, 0.15) is 12.3 Å². The molecule has 2 heterocycles. The number of Topliss-reactive ketones (excluding diaryl/α,β-unsaturated/α-hetero) is 1. The van der Waals surface area contributed by atoms with Crippen LogP contribution in [0.2, 0.25) is 4.34 Å². The third-order valence-electron chi connectivity index (χ3n) is 3.62. The van der Waals surface area contributed by atoms with Gasteiger partial charge < -0.3 is 9.72 Å². The van der Waals surface area contributed by atoms with Gasteiger partial charge in [0.25, 0.3) is 0 Å². The Labute approximate surface area is 131 Å². The van der Waals surface area contributed by atoms with E-state index in [2.05, 4.69) is 4.98 Å². The van der Waals surface area contributed by atoms with Crippen LogP contribution in [0, 0.1) is 6.92 Å². The van der Waals surface area contributed by atoms with Crippen LogP contribution in [0.4, 0.5) is 0 Å². The smallest absolute Gasteiger partial charge is 0.355 e. The lowest BCUT2D eigenvalue weighted by atomic mass is 9.94. The molecule has 0 amide bonds. The standard InChI is InChI=1S/C15H14ClNO3S/c1-8-13-10(3-2-4-11(13)18)17-14(8)15(19)20-7-9-5-6-12(16)21-9/h5-6,17H,2-4,7H2,1H3. The maximum atomic E-state index is 12.2. The number of H-pyrrole nitrogens is 1. The van der Waals surface area contributed by atoms with Gasteiger partial charge in [-0.1, -0.05) is 11.6 Å². The summed E-state index contributed by atoms with van der Waals surface area (Å²) in [7, 11) is 0. The van der Waals surface area contributed by atoms with E-state index < -0.39 is 5.97 Å². The highest BCUT2D eigenvalue weighted by Gasteiger charge is 2.26. The minimum atomic E-state index is -0.431. The lowest BCUT2D eigenvalue weighted by Gasteiger charge is -2.09. The molecule has 0 radical (unpaired) electrons. The molecular weight excluding hydrogens is 310 g/mol. The van der Waals surface area contributed by atoms with E-state index >= 15 is 0 Å². The topological polar surface area (TPSA) is 59.2 Å². The van der Waals surface area contributed by atoms with E-state index in [0.717, 1.165) is 23.4 Å². The number of esters is 1. The van der Waals surface area contributed by atoms with Crippen LogP contribution in [0.3, 0.4) is 0 Å². The summed E-state index contributed by atoms with van der Waals surface area (Å²) in [6, 6.07) is 3.60. The number of aromatic amines is 1. The second kappa shape index (κ2) is 5.66. The summed E-state index contributed by atoms with van der Waals surface area (Å²) in [6.07, 6.45) is 2.18. The minimum absolute atomic E-state index is 0.106. The summed E-state index contributed by atoms with van der Waals surface area (Å²) >= 11 is 7.22. The minimum Gasteiger partial charge on any atom is -0.455 e. The molecule has 0 saturated carbocycles. The Morgan fingerprint density at radius 1 is 1.43 bits per heavy atom. The van der Waals surface area contributed by atoms with Gasteiger partial charge in [-0.25, -0.2) is 4.79 Å². The van der Waals surface area contributed by atoms with Crippen molar-refractivity contribution in [2.24, 2.45) is 0 Å². The molecule has 0 unspecified atom stereocenters. The zero-order chi connectivity index (χ0) is 15.0. The molecule has 1 N–H and O–H groups in total. The largest absolute Gasteiger partial charge is 0.455 e. The quantitative estimate of drug-likeness (QED) is 0.871. The van der Waals surface area contributed by atoms with Gasteiger partial charge >= 0.3 is 5.97 Å². The highest BCUT2D eigenvalue weighted by atomic mass is 35.5. The zero-order valence-corrected chi connectivity index (χ0v) is 13.1. The lowest BCUT2D eigenvalue weighted by Crippen LogP contribution is -2.10. The van der Waals surface area contributed by atoms with Crippen LogP contribution in [0.15, 0.2) is 12.1 Å². The predicted molar refractivity (Wildman–Crippen MR) is 81.2 cm³/mol. The third-order valence-corrected chi connectivity index (χ3v) is 4.82. The van der Waals surface area contributed by atoms with Crippen molar-refractivity contribution in [1.82, 2.24) is 4.98 Å². The molecule has 4 nitrogen and oxygen atoms in total. The molecule has 0 aromatic carbocycles. The predicted octanol–water partition coefficient (Wildman–Crippen LogP) is 3.91. The fourth-order valence-corrected chi connectivity index (χ4v) is 3.62. The molecule has 6 heteroatoms. The molecule has 3 rings (SSSR count). The van der Waals surface area contributed by atoms with Crippen molar-refractivity contribution in [3.05, 3.63) is 43.9 Å². The van der Waals surface area contributed by atoms with E-state index in [1.54, 1.807) is 13.0 Å². The van der Waals surface area contributed by atoms with E-state index in [1.165, 1.54) is 11.3 Å². The Bertz CT molecular complexity index is 717. The van der Waals surface area contributed by atoms with Gasteiger partial charge in [0, 0.05) is 22.6 Å². The summed E-state index contributed by atoms with van der Waals surface area (Å²) in [6.45, 7) is 1.98. The number of fused-ring (bicyclic) bond motifs is 1. The number of carbonyl (C=O) groups excluding carboxylic acids is 2. The first-order chi connectivity index (χ1) is 10.1. The first-order valence-electron chi connectivity index (χ1n) is 6.72. The van der Waals surface area contributed by atoms with Crippen LogP contribution < -0.4 is 0 Å². The monoisotopic (exact) mass is 323 g/mol. The second-order valence-corrected chi connectivity index (χ2v) is 6.84. The third kappa shape index (κ3) is 2.76. The first-order valence-corrected chi connectivity index (χ1v) is 7.91.